The van der Waals surface area contributed by atoms with Crippen LogP contribution >= 0.6 is 35.0 Å². The van der Waals surface area contributed by atoms with Gasteiger partial charge in [0.1, 0.15) is 11.4 Å². The molecule has 2 aromatic rings. The highest BCUT2D eigenvalue weighted by Crippen LogP contribution is 2.37. The molecule has 0 bridgehead atoms. The minimum Gasteiger partial charge on any atom is -0.287 e. The number of nitrogens with zero attached hydrogens (tertiary/aromatic N) is 2. The summed E-state index contributed by atoms with van der Waals surface area (Å²) >= 11 is 13.7. The lowest BCUT2D eigenvalue weighted by Gasteiger charge is -2.14. The summed E-state index contributed by atoms with van der Waals surface area (Å²) in [5.74, 6) is 0.596. The Morgan fingerprint density at radius 2 is 1.92 bits per heavy atom. The van der Waals surface area contributed by atoms with Gasteiger partial charge in [0.05, 0.1) is 10.0 Å². The van der Waals surface area contributed by atoms with Crippen LogP contribution in [-0.2, 0) is 13.2 Å². The second-order valence-electron chi connectivity index (χ2n) is 5.37. The Hall–Kier alpha value is -1.44. The molecule has 0 fully saturated rings. The molecule has 0 aliphatic rings. The van der Waals surface area contributed by atoms with Gasteiger partial charge in [-0.25, -0.2) is 0 Å². The monoisotopic (exact) mass is 408 g/mol. The van der Waals surface area contributed by atoms with Crippen LogP contribution in [0.4, 0.5) is 13.2 Å². The molecule has 0 N–H and O–H groups in total. The van der Waals surface area contributed by atoms with Crippen molar-refractivity contribution in [3.63, 3.8) is 0 Å². The molecule has 0 saturated heterocycles. The van der Waals surface area contributed by atoms with Gasteiger partial charge in [-0.2, -0.15) is 18.3 Å². The van der Waals surface area contributed by atoms with Crippen LogP contribution in [0, 0.1) is 0 Å². The molecule has 0 amide bonds. The highest BCUT2D eigenvalue weighted by atomic mass is 35.5. The number of hydrogen-bond donors (Lipinski definition) is 0. The van der Waals surface area contributed by atoms with Gasteiger partial charge in [-0.15, -0.1) is 11.8 Å². The van der Waals surface area contributed by atoms with E-state index in [0.29, 0.717) is 26.4 Å². The minimum absolute atomic E-state index is 0.133. The summed E-state index contributed by atoms with van der Waals surface area (Å²) in [5.41, 5.74) is -1.03. The molecule has 2 rings (SSSR count). The topological polar surface area (TPSA) is 34.9 Å². The van der Waals surface area contributed by atoms with Crippen LogP contribution in [0.15, 0.2) is 40.0 Å². The van der Waals surface area contributed by atoms with Crippen molar-refractivity contribution in [1.82, 2.24) is 9.78 Å². The average molecular weight is 409 g/mol. The molecule has 25 heavy (non-hydrogen) atoms. The van der Waals surface area contributed by atoms with E-state index < -0.39 is 17.3 Å². The van der Waals surface area contributed by atoms with Gasteiger partial charge in [-0.1, -0.05) is 35.4 Å². The first-order valence-corrected chi connectivity index (χ1v) is 8.67. The normalized spacial score (nSPS) is 11.6. The molecule has 0 spiro atoms. The molecule has 0 aliphatic heterocycles. The van der Waals surface area contributed by atoms with Crippen molar-refractivity contribution in [3.05, 3.63) is 56.3 Å². The number of thioether (sulfide) groups is 1. The Morgan fingerprint density at radius 1 is 1.28 bits per heavy atom. The third kappa shape index (κ3) is 4.59. The fourth-order valence-electron chi connectivity index (χ4n) is 2.01. The Kier molecular flexibility index (Phi) is 5.91. The molecule has 1 heterocycles. The summed E-state index contributed by atoms with van der Waals surface area (Å²) in [5, 5.41) is 4.28. The zero-order chi connectivity index (χ0) is 18.9. The minimum atomic E-state index is -4.67. The van der Waals surface area contributed by atoms with Gasteiger partial charge in [0, 0.05) is 29.3 Å². The maximum absolute atomic E-state index is 12.9. The summed E-state index contributed by atoms with van der Waals surface area (Å²) in [7, 11) is 1.12. The van der Waals surface area contributed by atoms with Gasteiger partial charge in [-0.05, 0) is 19.1 Å². The van der Waals surface area contributed by atoms with Crippen LogP contribution in [0.1, 0.15) is 12.6 Å². The van der Waals surface area contributed by atoms with Crippen LogP contribution in [-0.4, -0.2) is 15.5 Å². The maximum atomic E-state index is 12.9. The molecule has 134 valence electrons. The zero-order valence-electron chi connectivity index (χ0n) is 13.2. The molecule has 0 atom stereocenters. The van der Waals surface area contributed by atoms with E-state index in [4.69, 9.17) is 23.2 Å². The number of aromatic nitrogens is 2. The lowest BCUT2D eigenvalue weighted by Crippen LogP contribution is -2.22. The van der Waals surface area contributed by atoms with E-state index in [2.05, 4.69) is 11.7 Å². The molecule has 9 heteroatoms. The van der Waals surface area contributed by atoms with Gasteiger partial charge in [-0.3, -0.25) is 9.48 Å². The Labute approximate surface area is 156 Å². The highest BCUT2D eigenvalue weighted by Gasteiger charge is 2.34. The molecular formula is C16H13Cl2F3N2OS. The van der Waals surface area contributed by atoms with Crippen molar-refractivity contribution in [2.75, 3.05) is 5.75 Å². The van der Waals surface area contributed by atoms with Crippen LogP contribution in [0.2, 0.25) is 10.0 Å². The Balaban J connectivity index is 2.58. The molecule has 0 saturated carbocycles. The van der Waals surface area contributed by atoms with Gasteiger partial charge in [0.15, 0.2) is 0 Å². The summed E-state index contributed by atoms with van der Waals surface area (Å²) in [6, 6.07) is 3.50. The first-order chi connectivity index (χ1) is 11.5. The average Bonchev–Trinajstić information content (AvgIpc) is 2.47. The number of rotatable bonds is 4. The van der Waals surface area contributed by atoms with E-state index in [1.807, 2.05) is 6.92 Å². The molecule has 0 radical (unpaired) electrons. The number of benzene rings is 1. The van der Waals surface area contributed by atoms with Gasteiger partial charge in [0.25, 0.3) is 0 Å². The van der Waals surface area contributed by atoms with Gasteiger partial charge >= 0.3 is 6.18 Å². The van der Waals surface area contributed by atoms with E-state index in [0.717, 1.165) is 12.6 Å². The lowest BCUT2D eigenvalue weighted by atomic mass is 10.1. The van der Waals surface area contributed by atoms with Crippen molar-refractivity contribution in [3.8, 4) is 11.3 Å². The van der Waals surface area contributed by atoms with E-state index in [1.165, 1.54) is 17.8 Å². The fourth-order valence-corrected chi connectivity index (χ4v) is 3.45. The molecule has 0 unspecified atom stereocenters. The maximum Gasteiger partial charge on any atom is 0.433 e. The third-order valence-corrected chi connectivity index (χ3v) is 5.16. The lowest BCUT2D eigenvalue weighted by molar-refractivity contribution is -0.144. The molecule has 1 aromatic heterocycles. The van der Waals surface area contributed by atoms with Crippen LogP contribution in [0.5, 0.6) is 0 Å². The summed E-state index contributed by atoms with van der Waals surface area (Å²) in [6.07, 6.45) is -4.67. The van der Waals surface area contributed by atoms with Gasteiger partial charge in [0.2, 0.25) is 5.43 Å². The van der Waals surface area contributed by atoms with E-state index in [-0.39, 0.29) is 16.3 Å². The molecule has 1 aromatic carbocycles. The quantitative estimate of drug-likeness (QED) is 0.498. The first kappa shape index (κ1) is 19.9. The number of aryl methyl sites for hydroxylation is 1. The second kappa shape index (κ2) is 7.43. The standard InChI is InChI=1S/C16H13Cl2F3N2OS/c1-8(2)7-25-13-4-9(10(17)5-11(13)18)15-12(24)6-14(16(19,20)21)23(3)22-15/h4-6H,1,7H2,2-3H3. The van der Waals surface area contributed by atoms with Crippen molar-refractivity contribution in [2.45, 2.75) is 18.0 Å². The van der Waals surface area contributed by atoms with Crippen molar-refractivity contribution in [2.24, 2.45) is 7.05 Å². The zero-order valence-corrected chi connectivity index (χ0v) is 15.6. The van der Waals surface area contributed by atoms with Gasteiger partial charge < -0.3 is 0 Å². The van der Waals surface area contributed by atoms with Crippen molar-refractivity contribution >= 4 is 35.0 Å². The predicted molar refractivity (Wildman–Crippen MR) is 95.5 cm³/mol. The number of alkyl halides is 3. The van der Waals surface area contributed by atoms with E-state index in [9.17, 15) is 18.0 Å². The molecule has 3 nitrogen and oxygen atoms in total. The SMILES string of the molecule is C=C(C)CSc1cc(-c2nn(C)c(C(F)(F)F)cc2=O)c(Cl)cc1Cl. The number of halogens is 5. The molecular weight excluding hydrogens is 396 g/mol. The van der Waals surface area contributed by atoms with E-state index >= 15 is 0 Å². The Morgan fingerprint density at radius 3 is 2.48 bits per heavy atom. The predicted octanol–water partition coefficient (Wildman–Crippen LogP) is 5.44. The van der Waals surface area contributed by atoms with Crippen molar-refractivity contribution in [1.29, 1.82) is 0 Å². The van der Waals surface area contributed by atoms with Crippen LogP contribution in [0.3, 0.4) is 0 Å². The van der Waals surface area contributed by atoms with E-state index in [1.54, 1.807) is 6.07 Å². The first-order valence-electron chi connectivity index (χ1n) is 6.93. The molecule has 0 aliphatic carbocycles. The fraction of sp³-hybridized carbons (Fsp3) is 0.250. The largest absolute Gasteiger partial charge is 0.433 e. The second-order valence-corrected chi connectivity index (χ2v) is 7.20. The summed E-state index contributed by atoms with van der Waals surface area (Å²) in [4.78, 5) is 12.8. The van der Waals surface area contributed by atoms with Crippen LogP contribution < -0.4 is 5.43 Å². The third-order valence-electron chi connectivity index (χ3n) is 3.14. The highest BCUT2D eigenvalue weighted by molar-refractivity contribution is 7.99. The number of hydrogen-bond acceptors (Lipinski definition) is 3. The van der Waals surface area contributed by atoms with Crippen molar-refractivity contribution < 1.29 is 13.2 Å². The smallest absolute Gasteiger partial charge is 0.287 e. The summed E-state index contributed by atoms with van der Waals surface area (Å²) in [6.45, 7) is 5.65. The van der Waals surface area contributed by atoms with Crippen LogP contribution in [0.25, 0.3) is 11.3 Å². The Bertz CT molecular complexity index is 894. The summed E-state index contributed by atoms with van der Waals surface area (Å²) < 4.78 is 39.3.